The maximum Gasteiger partial charge on any atom is 0.293 e. The maximum atomic E-state index is 12.8. The van der Waals surface area contributed by atoms with Gasteiger partial charge in [0.25, 0.3) is 11.1 Å². The van der Waals surface area contributed by atoms with Gasteiger partial charge in [-0.15, -0.1) is 11.8 Å². The summed E-state index contributed by atoms with van der Waals surface area (Å²) < 4.78 is 10.8. The van der Waals surface area contributed by atoms with Crippen LogP contribution in [0.15, 0.2) is 23.1 Å². The molecule has 0 aliphatic carbocycles. The van der Waals surface area contributed by atoms with Crippen molar-refractivity contribution in [3.63, 3.8) is 0 Å². The fraction of sp³-hybridized carbons (Fsp3) is 0.478. The van der Waals surface area contributed by atoms with E-state index in [9.17, 15) is 19.2 Å². The number of imide groups is 1. The summed E-state index contributed by atoms with van der Waals surface area (Å²) in [5.41, 5.74) is 0.705. The zero-order valence-corrected chi connectivity index (χ0v) is 20.9. The standard InChI is InChI=1S/C23H27N3O6S2/c1-4-32-16-6-5-14(11-17(16)31-3)12-18-21(29)25(22(30)34-18)10-9-24-20(28)15-13-33-23(2)8-7-19(27)26(15)23/h5-6,11-12,15H,4,7-10,13H2,1-3H3,(H,24,28)/b18-12-/t15-,23+/m1/s1. The van der Waals surface area contributed by atoms with Gasteiger partial charge in [0.1, 0.15) is 6.04 Å². The molecular formula is C23H27N3O6S2. The molecule has 2 atom stereocenters. The smallest absolute Gasteiger partial charge is 0.293 e. The highest BCUT2D eigenvalue weighted by Crippen LogP contribution is 2.47. The highest BCUT2D eigenvalue weighted by molar-refractivity contribution is 8.18. The summed E-state index contributed by atoms with van der Waals surface area (Å²) in [4.78, 5) is 53.0. The van der Waals surface area contributed by atoms with Gasteiger partial charge in [-0.05, 0) is 55.8 Å². The molecule has 4 amide bonds. The Labute approximate surface area is 206 Å². The number of benzene rings is 1. The lowest BCUT2D eigenvalue weighted by molar-refractivity contribution is -0.137. The molecule has 0 unspecified atom stereocenters. The van der Waals surface area contributed by atoms with Crippen LogP contribution in [0, 0.1) is 0 Å². The molecule has 4 rings (SSSR count). The molecule has 1 aromatic carbocycles. The zero-order valence-electron chi connectivity index (χ0n) is 19.3. The van der Waals surface area contributed by atoms with Crippen molar-refractivity contribution in [2.45, 2.75) is 37.6 Å². The minimum absolute atomic E-state index is 0.00496. The Kier molecular flexibility index (Phi) is 7.13. The summed E-state index contributed by atoms with van der Waals surface area (Å²) in [6.45, 7) is 4.55. The fourth-order valence-corrected chi connectivity index (χ4v) is 6.61. The molecule has 0 aromatic heterocycles. The van der Waals surface area contributed by atoms with Crippen molar-refractivity contribution in [2.24, 2.45) is 0 Å². The second-order valence-corrected chi connectivity index (χ2v) is 10.7. The van der Waals surface area contributed by atoms with E-state index < -0.39 is 11.9 Å². The van der Waals surface area contributed by atoms with Crippen LogP contribution in [-0.2, 0) is 14.4 Å². The topological polar surface area (TPSA) is 105 Å². The molecule has 3 heterocycles. The second kappa shape index (κ2) is 9.91. The minimum Gasteiger partial charge on any atom is -0.493 e. The molecule has 0 spiro atoms. The van der Waals surface area contributed by atoms with Gasteiger partial charge in [-0.25, -0.2) is 0 Å². The quantitative estimate of drug-likeness (QED) is 0.538. The van der Waals surface area contributed by atoms with Crippen LogP contribution in [0.25, 0.3) is 6.08 Å². The predicted octanol–water partition coefficient (Wildman–Crippen LogP) is 2.70. The molecule has 11 heteroatoms. The van der Waals surface area contributed by atoms with E-state index >= 15 is 0 Å². The van der Waals surface area contributed by atoms with Gasteiger partial charge in [-0.2, -0.15) is 0 Å². The SMILES string of the molecule is CCOc1ccc(/C=C2\SC(=O)N(CCNC(=O)[C@H]3CS[C@@]4(C)CCC(=O)N34)C2=O)cc1OC. The van der Waals surface area contributed by atoms with E-state index in [0.29, 0.717) is 40.7 Å². The number of carbonyl (C=O) groups excluding carboxylic acids is 4. The second-order valence-electron chi connectivity index (χ2n) is 8.23. The summed E-state index contributed by atoms with van der Waals surface area (Å²) >= 11 is 2.48. The Morgan fingerprint density at radius 1 is 1.29 bits per heavy atom. The molecule has 182 valence electrons. The molecule has 9 nitrogen and oxygen atoms in total. The Morgan fingerprint density at radius 3 is 2.82 bits per heavy atom. The lowest BCUT2D eigenvalue weighted by Gasteiger charge is -2.29. The number of hydrogen-bond acceptors (Lipinski definition) is 8. The van der Waals surface area contributed by atoms with Crippen LogP contribution in [0.2, 0.25) is 0 Å². The summed E-state index contributed by atoms with van der Waals surface area (Å²) in [6.07, 6.45) is 2.83. The number of carbonyl (C=O) groups is 4. The van der Waals surface area contributed by atoms with Crippen molar-refractivity contribution in [2.75, 3.05) is 32.6 Å². The number of rotatable bonds is 8. The number of hydrogen-bond donors (Lipinski definition) is 1. The number of methoxy groups -OCH3 is 1. The first-order valence-corrected chi connectivity index (χ1v) is 12.9. The number of nitrogens with zero attached hydrogens (tertiary/aromatic N) is 2. The van der Waals surface area contributed by atoms with Crippen molar-refractivity contribution in [1.82, 2.24) is 15.1 Å². The monoisotopic (exact) mass is 505 g/mol. The molecule has 1 N–H and O–H groups in total. The molecular weight excluding hydrogens is 478 g/mol. The summed E-state index contributed by atoms with van der Waals surface area (Å²) in [7, 11) is 1.54. The van der Waals surface area contributed by atoms with E-state index in [1.165, 1.54) is 7.11 Å². The van der Waals surface area contributed by atoms with Crippen LogP contribution in [0.3, 0.4) is 0 Å². The molecule has 3 aliphatic rings. The van der Waals surface area contributed by atoms with Gasteiger partial charge in [0.2, 0.25) is 11.8 Å². The number of thioether (sulfide) groups is 2. The summed E-state index contributed by atoms with van der Waals surface area (Å²) in [6, 6.07) is 4.76. The normalized spacial score (nSPS) is 25.3. The van der Waals surface area contributed by atoms with Gasteiger partial charge in [0.05, 0.1) is 23.5 Å². The molecule has 0 bridgehead atoms. The summed E-state index contributed by atoms with van der Waals surface area (Å²) in [5.74, 6) is 1.02. The Bertz CT molecular complexity index is 1060. The van der Waals surface area contributed by atoms with E-state index in [1.807, 2.05) is 13.8 Å². The van der Waals surface area contributed by atoms with Crippen molar-refractivity contribution in [1.29, 1.82) is 0 Å². The van der Waals surface area contributed by atoms with Crippen LogP contribution in [-0.4, -0.2) is 76.2 Å². The van der Waals surface area contributed by atoms with E-state index in [1.54, 1.807) is 40.9 Å². The average Bonchev–Trinajstić information content (AvgIpc) is 3.40. The number of fused-ring (bicyclic) bond motifs is 1. The van der Waals surface area contributed by atoms with Gasteiger partial charge in [0.15, 0.2) is 11.5 Å². The van der Waals surface area contributed by atoms with Crippen LogP contribution in [0.4, 0.5) is 4.79 Å². The molecule has 3 aliphatic heterocycles. The van der Waals surface area contributed by atoms with Crippen molar-refractivity contribution in [3.8, 4) is 11.5 Å². The highest BCUT2D eigenvalue weighted by atomic mass is 32.2. The van der Waals surface area contributed by atoms with E-state index in [4.69, 9.17) is 9.47 Å². The van der Waals surface area contributed by atoms with Gasteiger partial charge in [0, 0.05) is 25.3 Å². The first-order chi connectivity index (χ1) is 16.3. The first kappa shape index (κ1) is 24.5. The maximum absolute atomic E-state index is 12.8. The average molecular weight is 506 g/mol. The van der Waals surface area contributed by atoms with Gasteiger partial charge in [-0.3, -0.25) is 24.1 Å². The third-order valence-electron chi connectivity index (χ3n) is 6.04. The predicted molar refractivity (Wildman–Crippen MR) is 131 cm³/mol. The Hall–Kier alpha value is -2.66. The lowest BCUT2D eigenvalue weighted by atomic mass is 10.2. The van der Waals surface area contributed by atoms with Crippen molar-refractivity contribution in [3.05, 3.63) is 28.7 Å². The molecule has 34 heavy (non-hydrogen) atoms. The molecule has 0 radical (unpaired) electrons. The third kappa shape index (κ3) is 4.63. The Balaban J connectivity index is 1.35. The van der Waals surface area contributed by atoms with E-state index in [-0.39, 0.29) is 35.0 Å². The van der Waals surface area contributed by atoms with Gasteiger partial charge < -0.3 is 19.7 Å². The Morgan fingerprint density at radius 2 is 2.09 bits per heavy atom. The van der Waals surface area contributed by atoms with Crippen LogP contribution < -0.4 is 14.8 Å². The third-order valence-corrected chi connectivity index (χ3v) is 8.45. The van der Waals surface area contributed by atoms with Crippen molar-refractivity contribution >= 4 is 52.6 Å². The van der Waals surface area contributed by atoms with Crippen LogP contribution in [0.5, 0.6) is 11.5 Å². The molecule has 3 saturated heterocycles. The molecule has 3 fully saturated rings. The van der Waals surface area contributed by atoms with Gasteiger partial charge in [-0.1, -0.05) is 6.07 Å². The molecule has 1 aromatic rings. The number of nitrogens with one attached hydrogen (secondary N) is 1. The largest absolute Gasteiger partial charge is 0.493 e. The number of ether oxygens (including phenoxy) is 2. The van der Waals surface area contributed by atoms with Crippen molar-refractivity contribution < 1.29 is 28.7 Å². The van der Waals surface area contributed by atoms with Gasteiger partial charge >= 0.3 is 0 Å². The lowest BCUT2D eigenvalue weighted by Crippen LogP contribution is -2.51. The van der Waals surface area contributed by atoms with E-state index in [0.717, 1.165) is 23.1 Å². The first-order valence-electron chi connectivity index (χ1n) is 11.1. The summed E-state index contributed by atoms with van der Waals surface area (Å²) in [5, 5.41) is 2.40. The highest BCUT2D eigenvalue weighted by Gasteiger charge is 2.52. The number of amides is 4. The minimum atomic E-state index is -0.519. The van der Waals surface area contributed by atoms with E-state index in [2.05, 4.69) is 5.32 Å². The zero-order chi connectivity index (χ0) is 24.5. The fourth-order valence-electron chi connectivity index (χ4n) is 4.32. The van der Waals surface area contributed by atoms with Crippen LogP contribution in [0.1, 0.15) is 32.3 Å². The van der Waals surface area contributed by atoms with Crippen LogP contribution >= 0.6 is 23.5 Å². The molecule has 0 saturated carbocycles.